The van der Waals surface area contributed by atoms with Crippen LogP contribution < -0.4 is 5.56 Å². The largest absolute Gasteiger partial charge is 0.446 e. The minimum absolute atomic E-state index is 0.0726. The average molecular weight is 605 g/mol. The van der Waals surface area contributed by atoms with Crippen molar-refractivity contribution < 1.29 is 13.2 Å². The number of rotatable bonds is 7. The van der Waals surface area contributed by atoms with E-state index < -0.39 is 11.1 Å². The Labute approximate surface area is 240 Å². The lowest BCUT2D eigenvalue weighted by molar-refractivity contribution is -0.0328. The molecular weight excluding hydrogens is 585 g/mol. The highest BCUT2D eigenvalue weighted by atomic mass is 35.5. The van der Waals surface area contributed by atoms with Gasteiger partial charge in [0, 0.05) is 20.2 Å². The smallest absolute Gasteiger partial charge is 0.265 e. The van der Waals surface area contributed by atoms with Crippen molar-refractivity contribution in [3.8, 4) is 28.3 Å². The van der Waals surface area contributed by atoms with Gasteiger partial charge < -0.3 is 0 Å². The molecule has 0 bridgehead atoms. The first kappa shape index (κ1) is 27.7. The van der Waals surface area contributed by atoms with Gasteiger partial charge in [-0.05, 0) is 84.4 Å². The molecule has 2 aliphatic heterocycles. The molecule has 200 valence electrons. The molecule has 0 fully saturated rings. The molecule has 0 amide bonds. The highest BCUT2D eigenvalue weighted by molar-refractivity contribution is 8.00. The molecule has 5 nitrogen and oxygen atoms in total. The van der Waals surface area contributed by atoms with Crippen molar-refractivity contribution in [3.05, 3.63) is 93.7 Å². The van der Waals surface area contributed by atoms with Gasteiger partial charge in [-0.15, -0.1) is 23.5 Å². The Morgan fingerprint density at radius 2 is 1.49 bits per heavy atom. The van der Waals surface area contributed by atoms with Crippen LogP contribution in [0.25, 0.3) is 28.3 Å². The van der Waals surface area contributed by atoms with Crippen molar-refractivity contribution in [3.63, 3.8) is 0 Å². The van der Waals surface area contributed by atoms with Crippen molar-refractivity contribution in [2.75, 3.05) is 12.5 Å². The molecule has 3 aromatic rings. The van der Waals surface area contributed by atoms with Crippen molar-refractivity contribution in [1.82, 2.24) is 19.6 Å². The molecule has 2 aliphatic rings. The van der Waals surface area contributed by atoms with E-state index in [9.17, 15) is 18.0 Å². The predicted molar refractivity (Wildman–Crippen MR) is 154 cm³/mol. The number of alkyl halides is 3. The summed E-state index contributed by atoms with van der Waals surface area (Å²) in [7, 11) is 0. The van der Waals surface area contributed by atoms with E-state index in [2.05, 4.69) is 5.10 Å². The third-order valence-electron chi connectivity index (χ3n) is 5.87. The van der Waals surface area contributed by atoms with Gasteiger partial charge in [0.1, 0.15) is 5.69 Å². The van der Waals surface area contributed by atoms with Gasteiger partial charge in [-0.2, -0.15) is 23.4 Å². The molecule has 0 saturated carbocycles. The molecule has 12 heteroatoms. The van der Waals surface area contributed by atoms with Crippen LogP contribution in [0.4, 0.5) is 13.2 Å². The van der Waals surface area contributed by atoms with Crippen LogP contribution in [0.5, 0.6) is 0 Å². The Balaban J connectivity index is 1.59. The quantitative estimate of drug-likeness (QED) is 0.176. The zero-order valence-electron chi connectivity index (χ0n) is 20.6. The van der Waals surface area contributed by atoms with E-state index in [4.69, 9.17) is 16.7 Å². The number of halogens is 4. The van der Waals surface area contributed by atoms with Crippen molar-refractivity contribution in [2.24, 2.45) is 0 Å². The van der Waals surface area contributed by atoms with Crippen LogP contribution in [0, 0.1) is 0 Å². The number of hydrogen-bond acceptors (Lipinski definition) is 6. The van der Waals surface area contributed by atoms with Gasteiger partial charge in [0.2, 0.25) is 0 Å². The number of fused-ring (bicyclic) bond motifs is 1. The van der Waals surface area contributed by atoms with Gasteiger partial charge in [-0.3, -0.25) is 4.79 Å². The van der Waals surface area contributed by atoms with Gasteiger partial charge in [0.15, 0.2) is 5.69 Å². The molecule has 39 heavy (non-hydrogen) atoms. The van der Waals surface area contributed by atoms with E-state index in [1.807, 2.05) is 55.0 Å². The summed E-state index contributed by atoms with van der Waals surface area (Å²) in [5.74, 6) is 0. The minimum atomic E-state index is -4.36. The summed E-state index contributed by atoms with van der Waals surface area (Å²) in [4.78, 5) is 15.5. The normalized spacial score (nSPS) is 11.8. The van der Waals surface area contributed by atoms with Crippen LogP contribution in [-0.4, -0.2) is 37.6 Å². The van der Waals surface area contributed by atoms with Crippen LogP contribution in [-0.2, 0) is 6.54 Å². The molecule has 3 aromatic carbocycles. The summed E-state index contributed by atoms with van der Waals surface area (Å²) in [5.41, 5.74) is -1.41. The van der Waals surface area contributed by atoms with Gasteiger partial charge in [0.05, 0.1) is 22.9 Å². The lowest BCUT2D eigenvalue weighted by atomic mass is 10.1. The fourth-order valence-corrected chi connectivity index (χ4v) is 5.74. The summed E-state index contributed by atoms with van der Waals surface area (Å²) in [6.45, 7) is 0.0904. The zero-order valence-corrected chi connectivity index (χ0v) is 23.8. The second-order valence-electron chi connectivity index (χ2n) is 8.37. The van der Waals surface area contributed by atoms with Crippen LogP contribution in [0.3, 0.4) is 0 Å². The molecular formula is C27H20ClF3N4OS3. The van der Waals surface area contributed by atoms with Crippen molar-refractivity contribution in [1.29, 1.82) is 0 Å². The zero-order chi connectivity index (χ0) is 27.7. The molecule has 0 radical (unpaired) electrons. The standard InChI is InChI=1S/C27H20ClF3N4OS3/c1-37-18-9-5-17(6-10-18)35-24(21-12-11-20(38-2)13-22(21)28)14-23-25(33-35)26(36)34(32-23)15-16-3-7-19(8-4-16)39-27(29,30)31/h3-14H,15H2,1-2H3. The van der Waals surface area contributed by atoms with E-state index >= 15 is 0 Å². The van der Waals surface area contributed by atoms with E-state index in [1.165, 1.54) is 16.8 Å². The summed E-state index contributed by atoms with van der Waals surface area (Å²) < 4.78 is 40.9. The van der Waals surface area contributed by atoms with E-state index in [1.54, 1.807) is 46.4 Å². The van der Waals surface area contributed by atoms with Gasteiger partial charge in [0.25, 0.3) is 5.56 Å². The summed E-state index contributed by atoms with van der Waals surface area (Å²) in [5, 5.41) is 9.73. The maximum absolute atomic E-state index is 13.3. The van der Waals surface area contributed by atoms with Crippen LogP contribution in [0.2, 0.25) is 5.02 Å². The first-order chi connectivity index (χ1) is 18.6. The average Bonchev–Trinajstić information content (AvgIpc) is 3.22. The van der Waals surface area contributed by atoms with Crippen LogP contribution >= 0.6 is 46.9 Å². The Hall–Kier alpha value is -2.86. The molecule has 2 heterocycles. The van der Waals surface area contributed by atoms with Crippen molar-refractivity contribution in [2.45, 2.75) is 26.7 Å². The van der Waals surface area contributed by atoms with Crippen LogP contribution in [0.15, 0.2) is 92.3 Å². The summed E-state index contributed by atoms with van der Waals surface area (Å²) in [6.07, 6.45) is 3.96. The van der Waals surface area contributed by atoms with Crippen LogP contribution in [0.1, 0.15) is 5.56 Å². The molecule has 0 saturated heterocycles. The molecule has 0 N–H and O–H groups in total. The first-order valence-corrected chi connectivity index (χ1v) is 15.1. The van der Waals surface area contributed by atoms with Gasteiger partial charge >= 0.3 is 5.51 Å². The topological polar surface area (TPSA) is 52.7 Å². The molecule has 5 rings (SSSR count). The predicted octanol–water partition coefficient (Wildman–Crippen LogP) is 7.96. The number of nitrogens with zero attached hydrogens (tertiary/aromatic N) is 4. The molecule has 0 atom stereocenters. The summed E-state index contributed by atoms with van der Waals surface area (Å²) >= 11 is 9.70. The van der Waals surface area contributed by atoms with E-state index in [-0.39, 0.29) is 28.9 Å². The van der Waals surface area contributed by atoms with Gasteiger partial charge in [-0.1, -0.05) is 29.8 Å². The molecule has 0 spiro atoms. The third kappa shape index (κ3) is 6.16. The highest BCUT2D eigenvalue weighted by Crippen LogP contribution is 2.37. The minimum Gasteiger partial charge on any atom is -0.265 e. The maximum Gasteiger partial charge on any atom is 0.446 e. The Morgan fingerprint density at radius 1 is 0.846 bits per heavy atom. The lowest BCUT2D eigenvalue weighted by Gasteiger charge is -2.16. The second kappa shape index (κ2) is 11.3. The number of benzene rings is 3. The molecule has 0 aromatic heterocycles. The Bertz CT molecular complexity index is 1650. The molecule has 0 aliphatic carbocycles. The number of hydrogen-bond donors (Lipinski definition) is 0. The highest BCUT2D eigenvalue weighted by Gasteiger charge is 2.29. The Morgan fingerprint density at radius 3 is 2.10 bits per heavy atom. The monoisotopic (exact) mass is 604 g/mol. The number of aromatic nitrogens is 4. The maximum atomic E-state index is 13.3. The first-order valence-electron chi connectivity index (χ1n) is 11.5. The Kier molecular flexibility index (Phi) is 8.04. The third-order valence-corrected chi connectivity index (χ3v) is 8.39. The fourth-order valence-electron chi connectivity index (χ4n) is 4.01. The van der Waals surface area contributed by atoms with Crippen molar-refractivity contribution >= 4 is 46.9 Å². The second-order valence-corrected chi connectivity index (χ2v) is 11.7. The fraction of sp³-hybridized carbons (Fsp3) is 0.148. The SMILES string of the molecule is CSc1ccc(-n2nc3c(=O)n(Cc4ccc(SC(F)(F)F)cc4)nc-3cc2-c2ccc(SC)cc2Cl)cc1. The summed E-state index contributed by atoms with van der Waals surface area (Å²) in [6, 6.07) is 21.2. The number of thioether (sulfide) groups is 3. The van der Waals surface area contributed by atoms with E-state index in [0.29, 0.717) is 22.0 Å². The van der Waals surface area contributed by atoms with E-state index in [0.717, 1.165) is 21.0 Å². The van der Waals surface area contributed by atoms with Gasteiger partial charge in [-0.25, -0.2) is 9.36 Å². The lowest BCUT2D eigenvalue weighted by Crippen LogP contribution is -2.19. The molecule has 0 unspecified atom stereocenters.